The summed E-state index contributed by atoms with van der Waals surface area (Å²) in [7, 11) is 0. The van der Waals surface area contributed by atoms with Gasteiger partial charge in [0.25, 0.3) is 11.8 Å². The van der Waals surface area contributed by atoms with E-state index in [4.69, 9.17) is 0 Å². The van der Waals surface area contributed by atoms with Crippen molar-refractivity contribution in [3.05, 3.63) is 82.6 Å². The number of amides is 2. The molecule has 162 valence electrons. The molecule has 4 rings (SSSR count). The van der Waals surface area contributed by atoms with Gasteiger partial charge in [-0.25, -0.2) is 19.5 Å². The van der Waals surface area contributed by atoms with Crippen LogP contribution in [0.3, 0.4) is 0 Å². The van der Waals surface area contributed by atoms with Crippen LogP contribution in [0, 0.1) is 20.8 Å². The van der Waals surface area contributed by atoms with E-state index in [1.807, 2.05) is 32.0 Å². The van der Waals surface area contributed by atoms with Crippen molar-refractivity contribution in [2.75, 3.05) is 0 Å². The van der Waals surface area contributed by atoms with Gasteiger partial charge >= 0.3 is 0 Å². The summed E-state index contributed by atoms with van der Waals surface area (Å²) in [6, 6.07) is 10.8. The summed E-state index contributed by atoms with van der Waals surface area (Å²) in [6.07, 6.45) is 3.29. The lowest BCUT2D eigenvalue weighted by Gasteiger charge is -2.08. The summed E-state index contributed by atoms with van der Waals surface area (Å²) in [4.78, 5) is 38.0. The first-order valence-corrected chi connectivity index (χ1v) is 10.8. The highest BCUT2D eigenvalue weighted by molar-refractivity contribution is 7.98. The van der Waals surface area contributed by atoms with Crippen LogP contribution in [0.25, 0.3) is 5.65 Å². The van der Waals surface area contributed by atoms with E-state index < -0.39 is 11.8 Å². The molecule has 0 aliphatic rings. The molecule has 2 N–H and O–H groups in total. The Balaban J connectivity index is 1.35. The van der Waals surface area contributed by atoms with Gasteiger partial charge in [-0.15, -0.1) is 0 Å². The molecule has 4 aromatic rings. The molecule has 32 heavy (non-hydrogen) atoms. The Labute approximate surface area is 188 Å². The van der Waals surface area contributed by atoms with Crippen molar-refractivity contribution < 1.29 is 9.59 Å². The van der Waals surface area contributed by atoms with Crippen molar-refractivity contribution in [1.82, 2.24) is 35.4 Å². The van der Waals surface area contributed by atoms with E-state index in [0.717, 1.165) is 22.1 Å². The summed E-state index contributed by atoms with van der Waals surface area (Å²) in [5.74, 6) is -0.217. The summed E-state index contributed by atoms with van der Waals surface area (Å²) in [5.41, 5.74) is 9.46. The van der Waals surface area contributed by atoms with Crippen molar-refractivity contribution in [2.45, 2.75) is 31.7 Å². The van der Waals surface area contributed by atoms with Crippen LogP contribution in [0.5, 0.6) is 0 Å². The van der Waals surface area contributed by atoms with Gasteiger partial charge in [-0.1, -0.05) is 23.9 Å². The second-order valence-electron chi connectivity index (χ2n) is 7.18. The number of nitrogens with one attached hydrogen (secondary N) is 2. The van der Waals surface area contributed by atoms with E-state index >= 15 is 0 Å². The zero-order chi connectivity index (χ0) is 22.7. The number of aromatic nitrogens is 5. The second-order valence-corrected chi connectivity index (χ2v) is 8.12. The zero-order valence-electron chi connectivity index (χ0n) is 17.8. The molecule has 0 spiro atoms. The standard InChI is InChI=1S/C22H21N7O2S/c1-13-11-14(2)25-22(24-13)32-12-16-5-7-17(8-6-16)20(30)26-27-21(31)18-15(3)28-29-10-4-9-23-19(18)29/h4-11H,12H2,1-3H3,(H,26,30)(H,27,31). The molecule has 0 fully saturated rings. The minimum absolute atomic E-state index is 0.312. The summed E-state index contributed by atoms with van der Waals surface area (Å²) < 4.78 is 1.52. The van der Waals surface area contributed by atoms with Crippen molar-refractivity contribution in [2.24, 2.45) is 0 Å². The van der Waals surface area contributed by atoms with Crippen LogP contribution in [0.1, 0.15) is 43.4 Å². The second kappa shape index (κ2) is 9.15. The smallest absolute Gasteiger partial charge is 0.267 e. The van der Waals surface area contributed by atoms with E-state index in [-0.39, 0.29) is 0 Å². The Morgan fingerprint density at radius 1 is 1.00 bits per heavy atom. The van der Waals surface area contributed by atoms with E-state index in [0.29, 0.717) is 28.2 Å². The van der Waals surface area contributed by atoms with Crippen LogP contribution in [0.4, 0.5) is 0 Å². The fraction of sp³-hybridized carbons (Fsp3) is 0.182. The van der Waals surface area contributed by atoms with Crippen molar-refractivity contribution >= 4 is 29.2 Å². The van der Waals surface area contributed by atoms with E-state index in [1.165, 1.54) is 16.3 Å². The molecule has 0 aliphatic heterocycles. The van der Waals surface area contributed by atoms with Gasteiger partial charge in [0.2, 0.25) is 0 Å². The number of nitrogens with zero attached hydrogens (tertiary/aromatic N) is 5. The molecule has 0 unspecified atom stereocenters. The highest BCUT2D eigenvalue weighted by Crippen LogP contribution is 2.20. The molecule has 2 amide bonds. The number of rotatable bonds is 5. The number of aryl methyl sites for hydroxylation is 3. The van der Waals surface area contributed by atoms with Crippen LogP contribution in [-0.4, -0.2) is 36.4 Å². The number of carbonyl (C=O) groups excluding carboxylic acids is 2. The van der Waals surface area contributed by atoms with Crippen LogP contribution >= 0.6 is 11.8 Å². The molecule has 3 heterocycles. The van der Waals surface area contributed by atoms with E-state index in [2.05, 4.69) is 30.9 Å². The van der Waals surface area contributed by atoms with Gasteiger partial charge in [-0.2, -0.15) is 5.10 Å². The van der Waals surface area contributed by atoms with Gasteiger partial charge in [0.1, 0.15) is 5.56 Å². The largest absolute Gasteiger partial charge is 0.275 e. The molecule has 1 aromatic carbocycles. The molecular formula is C22H21N7O2S. The van der Waals surface area contributed by atoms with Crippen molar-refractivity contribution in [1.29, 1.82) is 0 Å². The highest BCUT2D eigenvalue weighted by Gasteiger charge is 2.18. The number of carbonyl (C=O) groups is 2. The summed E-state index contributed by atoms with van der Waals surface area (Å²) in [6.45, 7) is 5.60. The van der Waals surface area contributed by atoms with Crippen LogP contribution < -0.4 is 10.9 Å². The lowest BCUT2D eigenvalue weighted by atomic mass is 10.1. The number of thioether (sulfide) groups is 1. The summed E-state index contributed by atoms with van der Waals surface area (Å²) in [5, 5.41) is 4.97. The third-order valence-electron chi connectivity index (χ3n) is 4.63. The Morgan fingerprint density at radius 2 is 1.69 bits per heavy atom. The van der Waals surface area contributed by atoms with Gasteiger partial charge < -0.3 is 0 Å². The molecule has 0 saturated carbocycles. The van der Waals surface area contributed by atoms with Crippen LogP contribution in [0.2, 0.25) is 0 Å². The Morgan fingerprint density at radius 3 is 2.41 bits per heavy atom. The predicted molar refractivity (Wildman–Crippen MR) is 120 cm³/mol. The molecule has 10 heteroatoms. The summed E-state index contributed by atoms with van der Waals surface area (Å²) >= 11 is 1.54. The molecule has 0 bridgehead atoms. The maximum Gasteiger partial charge on any atom is 0.275 e. The van der Waals surface area contributed by atoms with Crippen molar-refractivity contribution in [3.8, 4) is 0 Å². The number of hydrazine groups is 1. The van der Waals surface area contributed by atoms with Gasteiger partial charge in [0.15, 0.2) is 10.8 Å². The number of benzene rings is 1. The molecular weight excluding hydrogens is 426 g/mol. The predicted octanol–water partition coefficient (Wildman–Crippen LogP) is 2.81. The minimum Gasteiger partial charge on any atom is -0.267 e. The average Bonchev–Trinajstić information content (AvgIpc) is 3.11. The molecule has 3 aromatic heterocycles. The Bertz CT molecular complexity index is 1280. The van der Waals surface area contributed by atoms with Crippen LogP contribution in [0.15, 0.2) is 53.9 Å². The average molecular weight is 448 g/mol. The van der Waals surface area contributed by atoms with Crippen LogP contribution in [-0.2, 0) is 5.75 Å². The monoisotopic (exact) mass is 447 g/mol. The molecule has 0 aliphatic carbocycles. The van der Waals surface area contributed by atoms with Gasteiger partial charge in [-0.05, 0) is 50.6 Å². The normalized spacial score (nSPS) is 10.8. The maximum atomic E-state index is 12.6. The SMILES string of the molecule is Cc1cc(C)nc(SCc2ccc(C(=O)NNC(=O)c3c(C)nn4cccnc34)cc2)n1. The molecule has 9 nitrogen and oxygen atoms in total. The first kappa shape index (κ1) is 21.4. The third-order valence-corrected chi connectivity index (χ3v) is 5.55. The lowest BCUT2D eigenvalue weighted by Crippen LogP contribution is -2.41. The number of hydrogen-bond acceptors (Lipinski definition) is 7. The fourth-order valence-corrected chi connectivity index (χ4v) is 4.07. The fourth-order valence-electron chi connectivity index (χ4n) is 3.17. The number of fused-ring (bicyclic) bond motifs is 1. The number of hydrogen-bond donors (Lipinski definition) is 2. The van der Waals surface area contributed by atoms with Gasteiger partial charge in [-0.3, -0.25) is 20.4 Å². The van der Waals surface area contributed by atoms with Gasteiger partial charge in [0, 0.05) is 35.1 Å². The molecule has 0 saturated heterocycles. The molecule has 0 radical (unpaired) electrons. The van der Waals surface area contributed by atoms with Crippen molar-refractivity contribution in [3.63, 3.8) is 0 Å². The first-order valence-electron chi connectivity index (χ1n) is 9.85. The quantitative estimate of drug-likeness (QED) is 0.275. The maximum absolute atomic E-state index is 12.6. The van der Waals surface area contributed by atoms with E-state index in [1.54, 1.807) is 37.5 Å². The first-order chi connectivity index (χ1) is 15.4. The van der Waals surface area contributed by atoms with E-state index in [9.17, 15) is 9.59 Å². The molecule has 0 atom stereocenters. The minimum atomic E-state index is -0.481. The van der Waals surface area contributed by atoms with Gasteiger partial charge in [0.05, 0.1) is 5.69 Å². The topological polar surface area (TPSA) is 114 Å². The lowest BCUT2D eigenvalue weighted by molar-refractivity contribution is 0.0847. The Hall–Kier alpha value is -3.79. The zero-order valence-corrected chi connectivity index (χ0v) is 18.6. The third kappa shape index (κ3) is 4.75. The Kier molecular flexibility index (Phi) is 6.13. The highest BCUT2D eigenvalue weighted by atomic mass is 32.2.